The molecule has 1 heterocycles. The lowest BCUT2D eigenvalue weighted by Crippen LogP contribution is -2.34. The molecule has 0 fully saturated rings. The number of carbonyl (C=O) groups is 2. The van der Waals surface area contributed by atoms with Gasteiger partial charge in [0, 0.05) is 11.1 Å². The second-order valence-electron chi connectivity index (χ2n) is 8.32. The molecule has 0 spiro atoms. The first-order chi connectivity index (χ1) is 16.8. The summed E-state index contributed by atoms with van der Waals surface area (Å²) in [7, 11) is 0. The van der Waals surface area contributed by atoms with Crippen molar-refractivity contribution < 1.29 is 19.1 Å². The van der Waals surface area contributed by atoms with E-state index in [2.05, 4.69) is 29.4 Å². The molecule has 0 aliphatic rings. The van der Waals surface area contributed by atoms with Gasteiger partial charge in [-0.15, -0.1) is 0 Å². The Hall–Kier alpha value is -4.24. The number of nitrogens with one attached hydrogen (secondary N) is 2. The van der Waals surface area contributed by atoms with Gasteiger partial charge in [-0.2, -0.15) is 5.10 Å². The molecule has 0 unspecified atom stereocenters. The highest BCUT2D eigenvalue weighted by atomic mass is 16.5. The summed E-state index contributed by atoms with van der Waals surface area (Å²) in [4.78, 5) is 27.5. The van der Waals surface area contributed by atoms with Crippen molar-refractivity contribution in [1.29, 1.82) is 0 Å². The van der Waals surface area contributed by atoms with E-state index in [1.54, 1.807) is 6.07 Å². The number of hydrogen-bond acceptors (Lipinski definition) is 7. The van der Waals surface area contributed by atoms with E-state index in [-0.39, 0.29) is 24.5 Å². The van der Waals surface area contributed by atoms with Gasteiger partial charge in [0.1, 0.15) is 11.5 Å². The van der Waals surface area contributed by atoms with E-state index in [4.69, 9.17) is 15.3 Å². The number of pyridine rings is 1. The van der Waals surface area contributed by atoms with Gasteiger partial charge in [-0.1, -0.05) is 44.2 Å². The van der Waals surface area contributed by atoms with Gasteiger partial charge in [-0.3, -0.25) is 20.0 Å². The number of hydrogen-bond donors (Lipinski definition) is 3. The van der Waals surface area contributed by atoms with Crippen molar-refractivity contribution in [1.82, 2.24) is 15.8 Å². The van der Waals surface area contributed by atoms with Crippen molar-refractivity contribution in [3.8, 4) is 11.5 Å². The lowest BCUT2D eigenvalue weighted by Gasteiger charge is -2.26. The Balaban J connectivity index is 1.52. The predicted octanol–water partition coefficient (Wildman–Crippen LogP) is 2.61. The number of ether oxygens (including phenoxy) is 2. The minimum absolute atomic E-state index is 0.144. The molecular weight excluding hydrogens is 446 g/mol. The van der Waals surface area contributed by atoms with Crippen LogP contribution in [0.1, 0.15) is 36.4 Å². The largest absolute Gasteiger partial charge is 0.484 e. The molecule has 0 radical (unpaired) electrons. The third-order valence-corrected chi connectivity index (χ3v) is 5.35. The molecule has 3 rings (SSSR count). The van der Waals surface area contributed by atoms with Gasteiger partial charge in [-0.25, -0.2) is 11.3 Å². The lowest BCUT2D eigenvalue weighted by atomic mass is 9.78. The van der Waals surface area contributed by atoms with Crippen LogP contribution in [0.15, 0.2) is 71.8 Å². The fourth-order valence-corrected chi connectivity index (χ4v) is 3.28. The van der Waals surface area contributed by atoms with Crippen LogP contribution in [0, 0.1) is 6.92 Å². The molecule has 4 N–H and O–H groups in total. The highest BCUT2D eigenvalue weighted by Gasteiger charge is 2.23. The summed E-state index contributed by atoms with van der Waals surface area (Å²) in [6.07, 6.45) is 1.48. The monoisotopic (exact) mass is 475 g/mol. The average molecular weight is 476 g/mol. The number of aryl methyl sites for hydroxylation is 1. The number of amides is 2. The fourth-order valence-electron chi connectivity index (χ4n) is 3.28. The molecule has 2 aromatic carbocycles. The van der Waals surface area contributed by atoms with E-state index >= 15 is 0 Å². The van der Waals surface area contributed by atoms with E-state index in [9.17, 15) is 9.59 Å². The summed E-state index contributed by atoms with van der Waals surface area (Å²) in [5.74, 6) is 5.43. The minimum Gasteiger partial charge on any atom is -0.484 e. The Morgan fingerprint density at radius 2 is 1.46 bits per heavy atom. The first-order valence-electron chi connectivity index (χ1n) is 11.0. The molecule has 9 heteroatoms. The Labute approximate surface area is 204 Å². The summed E-state index contributed by atoms with van der Waals surface area (Å²) in [5.41, 5.74) is 7.83. The smallest absolute Gasteiger partial charge is 0.277 e. The van der Waals surface area contributed by atoms with E-state index < -0.39 is 5.91 Å². The third-order valence-electron chi connectivity index (χ3n) is 5.35. The molecule has 35 heavy (non-hydrogen) atoms. The molecular formula is C26H29N5O4. The SMILES string of the molecule is Cc1cccc(C=NNC(=O)COc2ccc(C(C)(C)c3ccc(OCC(=O)NN)cc3)cc2)n1. The van der Waals surface area contributed by atoms with Gasteiger partial charge in [0.05, 0.1) is 11.9 Å². The van der Waals surface area contributed by atoms with Crippen LogP contribution in [0.25, 0.3) is 0 Å². The molecule has 1 aromatic heterocycles. The summed E-state index contributed by atoms with van der Waals surface area (Å²) in [6, 6.07) is 20.7. The molecule has 0 bridgehead atoms. The van der Waals surface area contributed by atoms with Gasteiger partial charge in [0.15, 0.2) is 13.2 Å². The maximum atomic E-state index is 12.0. The second-order valence-corrected chi connectivity index (χ2v) is 8.32. The van der Waals surface area contributed by atoms with Gasteiger partial charge in [-0.05, 0) is 54.4 Å². The van der Waals surface area contributed by atoms with E-state index in [0.29, 0.717) is 17.2 Å². The summed E-state index contributed by atoms with van der Waals surface area (Å²) < 4.78 is 11.0. The Bertz CT molecular complexity index is 1180. The quantitative estimate of drug-likeness (QED) is 0.179. The first kappa shape index (κ1) is 25.4. The number of nitrogens with two attached hydrogens (primary N) is 1. The maximum Gasteiger partial charge on any atom is 0.277 e. The van der Waals surface area contributed by atoms with Crippen molar-refractivity contribution in [3.63, 3.8) is 0 Å². The second kappa shape index (κ2) is 11.8. The Morgan fingerprint density at radius 1 is 0.914 bits per heavy atom. The van der Waals surface area contributed by atoms with Gasteiger partial charge < -0.3 is 9.47 Å². The lowest BCUT2D eigenvalue weighted by molar-refractivity contribution is -0.123. The number of aromatic nitrogens is 1. The van der Waals surface area contributed by atoms with Crippen molar-refractivity contribution in [2.24, 2.45) is 10.9 Å². The summed E-state index contributed by atoms with van der Waals surface area (Å²) in [6.45, 7) is 5.79. The Kier molecular flexibility index (Phi) is 8.53. The number of hydrazine groups is 1. The summed E-state index contributed by atoms with van der Waals surface area (Å²) in [5, 5.41) is 3.90. The zero-order chi connectivity index (χ0) is 25.3. The molecule has 2 amide bonds. The third kappa shape index (κ3) is 7.38. The standard InChI is InChI=1S/C26H29N5O4/c1-18-5-4-6-21(29-18)15-28-31-25(33)17-35-23-13-9-20(10-14-23)26(2,3)19-7-11-22(12-8-19)34-16-24(32)30-27/h4-15H,16-17,27H2,1-3H3,(H,30,32)(H,31,33). The Morgan fingerprint density at radius 3 is 1.97 bits per heavy atom. The zero-order valence-corrected chi connectivity index (χ0v) is 19.9. The number of rotatable bonds is 10. The molecule has 0 aliphatic heterocycles. The predicted molar refractivity (Wildman–Crippen MR) is 133 cm³/mol. The normalized spacial score (nSPS) is 11.2. The number of carbonyl (C=O) groups excluding carboxylic acids is 2. The van der Waals surface area contributed by atoms with Crippen LogP contribution < -0.4 is 26.2 Å². The van der Waals surface area contributed by atoms with Crippen LogP contribution in [-0.2, 0) is 15.0 Å². The fraction of sp³-hybridized carbons (Fsp3) is 0.231. The first-order valence-corrected chi connectivity index (χ1v) is 11.0. The highest BCUT2D eigenvalue weighted by Crippen LogP contribution is 2.33. The highest BCUT2D eigenvalue weighted by molar-refractivity contribution is 5.81. The van der Waals surface area contributed by atoms with E-state index in [1.807, 2.05) is 73.0 Å². The molecule has 0 aliphatic carbocycles. The topological polar surface area (TPSA) is 128 Å². The van der Waals surface area contributed by atoms with Gasteiger partial charge in [0.25, 0.3) is 11.8 Å². The number of hydrazone groups is 1. The van der Waals surface area contributed by atoms with Crippen molar-refractivity contribution >= 4 is 18.0 Å². The maximum absolute atomic E-state index is 12.0. The molecule has 3 aromatic rings. The van der Waals surface area contributed by atoms with Crippen molar-refractivity contribution in [2.45, 2.75) is 26.2 Å². The van der Waals surface area contributed by atoms with Crippen LogP contribution in [0.3, 0.4) is 0 Å². The average Bonchev–Trinajstić information content (AvgIpc) is 2.86. The molecule has 0 saturated heterocycles. The van der Waals surface area contributed by atoms with Crippen molar-refractivity contribution in [3.05, 3.63) is 89.2 Å². The number of nitrogens with zero attached hydrogens (tertiary/aromatic N) is 2. The zero-order valence-electron chi connectivity index (χ0n) is 19.9. The van der Waals surface area contributed by atoms with E-state index in [1.165, 1.54) is 6.21 Å². The molecule has 182 valence electrons. The van der Waals surface area contributed by atoms with Crippen LogP contribution in [0.4, 0.5) is 0 Å². The number of benzene rings is 2. The van der Waals surface area contributed by atoms with Crippen molar-refractivity contribution in [2.75, 3.05) is 13.2 Å². The van der Waals surface area contributed by atoms with Crippen LogP contribution in [-0.4, -0.2) is 36.2 Å². The molecule has 0 saturated carbocycles. The molecule has 9 nitrogen and oxygen atoms in total. The minimum atomic E-state index is -0.401. The van der Waals surface area contributed by atoms with Gasteiger partial charge >= 0.3 is 0 Å². The van der Waals surface area contributed by atoms with Crippen LogP contribution in [0.5, 0.6) is 11.5 Å². The van der Waals surface area contributed by atoms with Crippen LogP contribution in [0.2, 0.25) is 0 Å². The van der Waals surface area contributed by atoms with Gasteiger partial charge in [0.2, 0.25) is 0 Å². The summed E-state index contributed by atoms with van der Waals surface area (Å²) >= 11 is 0. The molecule has 0 atom stereocenters. The van der Waals surface area contributed by atoms with E-state index in [0.717, 1.165) is 16.8 Å². The van der Waals surface area contributed by atoms with Crippen LogP contribution >= 0.6 is 0 Å².